The number of nitrogens with zero attached hydrogens (tertiary/aromatic N) is 1. The predicted octanol–water partition coefficient (Wildman–Crippen LogP) is 2.29. The Hall–Kier alpha value is -1.55. The van der Waals surface area contributed by atoms with Crippen molar-refractivity contribution in [1.29, 1.82) is 0 Å². The van der Waals surface area contributed by atoms with Crippen molar-refractivity contribution in [2.75, 3.05) is 26.7 Å². The normalized spacial score (nSPS) is 22.1. The number of ether oxygens (including phenoxy) is 1. The first-order chi connectivity index (χ1) is 10.1. The van der Waals surface area contributed by atoms with Gasteiger partial charge in [-0.1, -0.05) is 32.0 Å². The van der Waals surface area contributed by atoms with Gasteiger partial charge in [-0.15, -0.1) is 0 Å². The smallest absolute Gasteiger partial charge is 0.260 e. The maximum atomic E-state index is 12.3. The molecule has 1 saturated heterocycles. The van der Waals surface area contributed by atoms with Crippen molar-refractivity contribution in [2.45, 2.75) is 26.8 Å². The molecule has 2 atom stereocenters. The van der Waals surface area contributed by atoms with E-state index in [1.54, 1.807) is 0 Å². The summed E-state index contributed by atoms with van der Waals surface area (Å²) in [6, 6.07) is 7.85. The number of amides is 1. The van der Waals surface area contributed by atoms with E-state index in [1.165, 1.54) is 6.42 Å². The van der Waals surface area contributed by atoms with Crippen molar-refractivity contribution in [3.05, 3.63) is 29.8 Å². The van der Waals surface area contributed by atoms with Gasteiger partial charge >= 0.3 is 0 Å². The lowest BCUT2D eigenvalue weighted by Gasteiger charge is -2.34. The second-order valence-electron chi connectivity index (χ2n) is 6.17. The summed E-state index contributed by atoms with van der Waals surface area (Å²) in [7, 11) is 1.90. The number of piperidine rings is 1. The van der Waals surface area contributed by atoms with Gasteiger partial charge in [0.1, 0.15) is 5.75 Å². The lowest BCUT2D eigenvalue weighted by atomic mass is 9.92. The number of para-hydroxylation sites is 1. The molecule has 0 aromatic heterocycles. The summed E-state index contributed by atoms with van der Waals surface area (Å²) < 4.78 is 5.74. The second-order valence-corrected chi connectivity index (χ2v) is 6.17. The van der Waals surface area contributed by atoms with Crippen LogP contribution in [-0.4, -0.2) is 37.6 Å². The van der Waals surface area contributed by atoms with Crippen molar-refractivity contribution in [1.82, 2.24) is 10.2 Å². The zero-order chi connectivity index (χ0) is 15.2. The van der Waals surface area contributed by atoms with Gasteiger partial charge in [0.15, 0.2) is 6.61 Å². The van der Waals surface area contributed by atoms with E-state index >= 15 is 0 Å². The summed E-state index contributed by atoms with van der Waals surface area (Å²) >= 11 is 0. The third-order valence-electron chi connectivity index (χ3n) is 3.91. The fraction of sp³-hybridized carbons (Fsp3) is 0.588. The molecular weight excluding hydrogens is 264 g/mol. The van der Waals surface area contributed by atoms with Gasteiger partial charge in [0.05, 0.1) is 0 Å². The molecule has 0 saturated carbocycles. The first kappa shape index (κ1) is 15.8. The Kier molecular flexibility index (Phi) is 5.62. The third kappa shape index (κ3) is 4.46. The molecule has 1 aromatic rings. The number of benzene rings is 1. The summed E-state index contributed by atoms with van der Waals surface area (Å²) in [6.07, 6.45) is 1.20. The molecule has 1 aliphatic rings. The number of hydrogen-bond donors (Lipinski definition) is 1. The zero-order valence-electron chi connectivity index (χ0n) is 13.3. The molecule has 1 aromatic carbocycles. The monoisotopic (exact) mass is 290 g/mol. The first-order valence-electron chi connectivity index (χ1n) is 7.73. The SMILES string of the molecule is CNCc1ccccc1OCC(=O)N1CC(C)CC(C)C1. The van der Waals surface area contributed by atoms with E-state index in [4.69, 9.17) is 4.74 Å². The highest BCUT2D eigenvalue weighted by Gasteiger charge is 2.25. The van der Waals surface area contributed by atoms with Crippen LogP contribution in [-0.2, 0) is 11.3 Å². The highest BCUT2D eigenvalue weighted by atomic mass is 16.5. The van der Waals surface area contributed by atoms with Crippen molar-refractivity contribution in [3.8, 4) is 5.75 Å². The Morgan fingerprint density at radius 2 is 1.95 bits per heavy atom. The fourth-order valence-electron chi connectivity index (χ4n) is 3.08. The third-order valence-corrected chi connectivity index (χ3v) is 3.91. The summed E-state index contributed by atoms with van der Waals surface area (Å²) in [4.78, 5) is 14.3. The number of carbonyl (C=O) groups is 1. The van der Waals surface area contributed by atoms with Crippen LogP contribution in [0.4, 0.5) is 0 Å². The molecule has 4 heteroatoms. The van der Waals surface area contributed by atoms with E-state index < -0.39 is 0 Å². The Morgan fingerprint density at radius 3 is 2.62 bits per heavy atom. The molecule has 116 valence electrons. The lowest BCUT2D eigenvalue weighted by molar-refractivity contribution is -0.136. The fourth-order valence-corrected chi connectivity index (χ4v) is 3.08. The number of rotatable bonds is 5. The molecule has 1 heterocycles. The molecular formula is C17H26N2O2. The molecule has 0 bridgehead atoms. The number of nitrogens with one attached hydrogen (secondary N) is 1. The average molecular weight is 290 g/mol. The number of carbonyl (C=O) groups excluding carboxylic acids is 1. The summed E-state index contributed by atoms with van der Waals surface area (Å²) in [5, 5.41) is 3.11. The van der Waals surface area contributed by atoms with Crippen molar-refractivity contribution >= 4 is 5.91 Å². The largest absolute Gasteiger partial charge is 0.483 e. The zero-order valence-corrected chi connectivity index (χ0v) is 13.3. The standard InChI is InChI=1S/C17H26N2O2/c1-13-8-14(2)11-19(10-13)17(20)12-21-16-7-5-4-6-15(16)9-18-3/h4-7,13-14,18H,8-12H2,1-3H3. The average Bonchev–Trinajstić information content (AvgIpc) is 2.45. The predicted molar refractivity (Wildman–Crippen MR) is 84.2 cm³/mol. The van der Waals surface area contributed by atoms with Crippen molar-refractivity contribution < 1.29 is 9.53 Å². The van der Waals surface area contributed by atoms with Gasteiger partial charge in [-0.05, 0) is 31.4 Å². The Bertz CT molecular complexity index is 466. The van der Waals surface area contributed by atoms with E-state index in [9.17, 15) is 4.79 Å². The molecule has 1 N–H and O–H groups in total. The van der Waals surface area contributed by atoms with Gasteiger partial charge in [-0.25, -0.2) is 0 Å². The minimum atomic E-state index is 0.0904. The van der Waals surface area contributed by atoms with Gasteiger partial charge < -0.3 is 15.0 Å². The van der Waals surface area contributed by atoms with Gasteiger partial charge in [-0.2, -0.15) is 0 Å². The van der Waals surface area contributed by atoms with Crippen LogP contribution in [0, 0.1) is 11.8 Å². The van der Waals surface area contributed by atoms with Gasteiger partial charge in [0.2, 0.25) is 0 Å². The molecule has 0 radical (unpaired) electrons. The molecule has 1 aliphatic heterocycles. The molecule has 4 nitrogen and oxygen atoms in total. The van der Waals surface area contributed by atoms with Crippen LogP contribution in [0.1, 0.15) is 25.8 Å². The summed E-state index contributed by atoms with van der Waals surface area (Å²) in [5.41, 5.74) is 1.08. The minimum absolute atomic E-state index is 0.0904. The quantitative estimate of drug-likeness (QED) is 0.904. The summed E-state index contributed by atoms with van der Waals surface area (Å²) in [5.74, 6) is 2.04. The molecule has 0 spiro atoms. The first-order valence-corrected chi connectivity index (χ1v) is 7.73. The van der Waals surface area contributed by atoms with Crippen LogP contribution in [0.5, 0.6) is 5.75 Å². The van der Waals surface area contributed by atoms with Gasteiger partial charge in [0, 0.05) is 25.2 Å². The molecule has 2 unspecified atom stereocenters. The van der Waals surface area contributed by atoms with Crippen LogP contribution in [0.3, 0.4) is 0 Å². The van der Waals surface area contributed by atoms with E-state index in [1.807, 2.05) is 36.2 Å². The Morgan fingerprint density at radius 1 is 1.29 bits per heavy atom. The van der Waals surface area contributed by atoms with E-state index in [0.29, 0.717) is 11.8 Å². The lowest BCUT2D eigenvalue weighted by Crippen LogP contribution is -2.44. The molecule has 0 aliphatic carbocycles. The Balaban J connectivity index is 1.92. The second kappa shape index (κ2) is 7.46. The van der Waals surface area contributed by atoms with Crippen LogP contribution >= 0.6 is 0 Å². The molecule has 2 rings (SSSR count). The Labute approximate surface area is 127 Å². The van der Waals surface area contributed by atoms with Gasteiger partial charge in [-0.3, -0.25) is 4.79 Å². The summed E-state index contributed by atoms with van der Waals surface area (Å²) in [6.45, 7) is 6.98. The van der Waals surface area contributed by atoms with E-state index in [-0.39, 0.29) is 12.5 Å². The minimum Gasteiger partial charge on any atom is -0.483 e. The van der Waals surface area contributed by atoms with E-state index in [2.05, 4.69) is 19.2 Å². The highest BCUT2D eigenvalue weighted by Crippen LogP contribution is 2.22. The van der Waals surface area contributed by atoms with Gasteiger partial charge in [0.25, 0.3) is 5.91 Å². The van der Waals surface area contributed by atoms with Crippen molar-refractivity contribution in [2.24, 2.45) is 11.8 Å². The molecule has 1 fully saturated rings. The highest BCUT2D eigenvalue weighted by molar-refractivity contribution is 5.78. The van der Waals surface area contributed by atoms with E-state index in [0.717, 1.165) is 30.9 Å². The molecule has 1 amide bonds. The molecule has 21 heavy (non-hydrogen) atoms. The van der Waals surface area contributed by atoms with Crippen molar-refractivity contribution in [3.63, 3.8) is 0 Å². The van der Waals surface area contributed by atoms with Crippen LogP contribution in [0.25, 0.3) is 0 Å². The van der Waals surface area contributed by atoms with Crippen LogP contribution in [0.2, 0.25) is 0 Å². The van der Waals surface area contributed by atoms with Crippen LogP contribution in [0.15, 0.2) is 24.3 Å². The maximum Gasteiger partial charge on any atom is 0.260 e. The number of likely N-dealkylation sites (tertiary alicyclic amines) is 1. The maximum absolute atomic E-state index is 12.3. The topological polar surface area (TPSA) is 41.6 Å². The van der Waals surface area contributed by atoms with Crippen LogP contribution < -0.4 is 10.1 Å². The number of hydrogen-bond acceptors (Lipinski definition) is 3.